The molecule has 0 atom stereocenters. The Kier molecular flexibility index (Phi) is 4.63. The van der Waals surface area contributed by atoms with E-state index in [2.05, 4.69) is 54.0 Å². The van der Waals surface area contributed by atoms with Crippen LogP contribution in [0.5, 0.6) is 5.75 Å². The van der Waals surface area contributed by atoms with E-state index in [4.69, 9.17) is 4.74 Å². The van der Waals surface area contributed by atoms with Crippen molar-refractivity contribution in [2.45, 2.75) is 40.2 Å². The van der Waals surface area contributed by atoms with Gasteiger partial charge in [-0.1, -0.05) is 29.8 Å². The molecule has 0 fully saturated rings. The van der Waals surface area contributed by atoms with Crippen molar-refractivity contribution >= 4 is 27.3 Å². The molecule has 1 heterocycles. The van der Waals surface area contributed by atoms with Gasteiger partial charge in [-0.15, -0.1) is 11.3 Å². The maximum atomic E-state index is 5.83. The van der Waals surface area contributed by atoms with Gasteiger partial charge in [-0.3, -0.25) is 0 Å². The molecule has 2 rings (SSSR count). The normalized spacial score (nSPS) is 11.1. The van der Waals surface area contributed by atoms with E-state index in [0.717, 1.165) is 15.9 Å². The minimum Gasteiger partial charge on any atom is -0.487 e. The lowest BCUT2D eigenvalue weighted by molar-refractivity contribution is 0.301. The molecule has 0 aliphatic rings. The molecular weight excluding hydrogens is 322 g/mol. The highest BCUT2D eigenvalue weighted by Gasteiger charge is 2.07. The van der Waals surface area contributed by atoms with Crippen LogP contribution in [0.4, 0.5) is 0 Å². The molecule has 0 aliphatic carbocycles. The first-order valence-electron chi connectivity index (χ1n) is 6.31. The molecule has 0 saturated carbocycles. The first-order chi connectivity index (χ1) is 8.97. The molecule has 0 aliphatic heterocycles. The molecule has 2 aromatic rings. The number of aromatic nitrogens is 1. The Morgan fingerprint density at radius 2 is 1.89 bits per heavy atom. The van der Waals surface area contributed by atoms with Gasteiger partial charge < -0.3 is 4.74 Å². The van der Waals surface area contributed by atoms with Gasteiger partial charge in [0.15, 0.2) is 0 Å². The number of hydrogen-bond donors (Lipinski definition) is 0. The fourth-order valence-corrected chi connectivity index (χ4v) is 2.85. The lowest BCUT2D eigenvalue weighted by Crippen LogP contribution is -1.98. The summed E-state index contributed by atoms with van der Waals surface area (Å²) in [6.45, 7) is 8.99. The fraction of sp³-hybridized carbons (Fsp3) is 0.400. The third-order valence-electron chi connectivity index (χ3n) is 2.86. The van der Waals surface area contributed by atoms with Crippen LogP contribution in [-0.4, -0.2) is 4.98 Å². The zero-order valence-corrected chi connectivity index (χ0v) is 14.1. The van der Waals surface area contributed by atoms with Gasteiger partial charge in [0.1, 0.15) is 12.4 Å². The van der Waals surface area contributed by atoms with E-state index in [1.807, 2.05) is 12.1 Å². The van der Waals surface area contributed by atoms with Crippen molar-refractivity contribution in [1.29, 1.82) is 0 Å². The summed E-state index contributed by atoms with van der Waals surface area (Å²) in [5, 5.41) is 3.25. The average molecular weight is 340 g/mol. The molecule has 0 saturated heterocycles. The van der Waals surface area contributed by atoms with E-state index in [1.165, 1.54) is 16.1 Å². The number of benzene rings is 1. The summed E-state index contributed by atoms with van der Waals surface area (Å²) in [5.74, 6) is 1.38. The molecule has 1 aromatic heterocycles. The quantitative estimate of drug-likeness (QED) is 0.761. The monoisotopic (exact) mass is 339 g/mol. The summed E-state index contributed by atoms with van der Waals surface area (Å²) in [7, 11) is 0. The molecule has 2 nitrogen and oxygen atoms in total. The average Bonchev–Trinajstić information content (AvgIpc) is 2.82. The van der Waals surface area contributed by atoms with E-state index in [0.29, 0.717) is 12.5 Å². The summed E-state index contributed by atoms with van der Waals surface area (Å²) in [5.41, 5.74) is 3.39. The smallest absolute Gasteiger partial charge is 0.131 e. The van der Waals surface area contributed by atoms with Gasteiger partial charge in [0, 0.05) is 15.8 Å². The predicted octanol–water partition coefficient (Wildman–Crippen LogP) is 5.22. The van der Waals surface area contributed by atoms with Gasteiger partial charge in [-0.05, 0) is 37.1 Å². The highest BCUT2D eigenvalue weighted by Crippen LogP contribution is 2.27. The Labute approximate surface area is 127 Å². The van der Waals surface area contributed by atoms with Gasteiger partial charge in [0.2, 0.25) is 0 Å². The highest BCUT2D eigenvalue weighted by molar-refractivity contribution is 9.10. The van der Waals surface area contributed by atoms with Gasteiger partial charge in [-0.25, -0.2) is 4.98 Å². The largest absolute Gasteiger partial charge is 0.487 e. The van der Waals surface area contributed by atoms with Crippen molar-refractivity contribution in [3.8, 4) is 5.75 Å². The van der Waals surface area contributed by atoms with Crippen LogP contribution < -0.4 is 4.74 Å². The van der Waals surface area contributed by atoms with Crippen LogP contribution in [0.2, 0.25) is 0 Å². The molecule has 19 heavy (non-hydrogen) atoms. The number of rotatable bonds is 4. The van der Waals surface area contributed by atoms with Crippen LogP contribution >= 0.6 is 27.3 Å². The third kappa shape index (κ3) is 3.57. The number of ether oxygens (including phenoxy) is 1. The van der Waals surface area contributed by atoms with E-state index < -0.39 is 0 Å². The summed E-state index contributed by atoms with van der Waals surface area (Å²) in [4.78, 5) is 4.57. The highest BCUT2D eigenvalue weighted by atomic mass is 79.9. The van der Waals surface area contributed by atoms with Gasteiger partial charge in [0.25, 0.3) is 0 Å². The van der Waals surface area contributed by atoms with E-state index >= 15 is 0 Å². The van der Waals surface area contributed by atoms with Gasteiger partial charge in [0.05, 0.1) is 10.7 Å². The second kappa shape index (κ2) is 6.06. The second-order valence-electron chi connectivity index (χ2n) is 4.99. The molecule has 1 aromatic carbocycles. The minimum atomic E-state index is 0.482. The topological polar surface area (TPSA) is 22.1 Å². The maximum Gasteiger partial charge on any atom is 0.131 e. The van der Waals surface area contributed by atoms with Crippen molar-refractivity contribution in [2.75, 3.05) is 0 Å². The molecule has 0 spiro atoms. The summed E-state index contributed by atoms with van der Waals surface area (Å²) in [6.07, 6.45) is 0. The lowest BCUT2D eigenvalue weighted by atomic mass is 10.1. The second-order valence-corrected chi connectivity index (χ2v) is 6.67. The predicted molar refractivity (Wildman–Crippen MR) is 84.2 cm³/mol. The standard InChI is InChI=1S/C15H18BrNOS/c1-9(2)15-17-12(8-19-15)7-18-13-5-10(3)14(16)11(4)6-13/h5-6,8-9H,7H2,1-4H3. The Balaban J connectivity index is 2.06. The van der Waals surface area contributed by atoms with Crippen LogP contribution in [-0.2, 0) is 6.61 Å². The third-order valence-corrected chi connectivity index (χ3v) is 5.31. The van der Waals surface area contributed by atoms with Crippen molar-refractivity contribution < 1.29 is 4.74 Å². The Hall–Kier alpha value is -0.870. The summed E-state index contributed by atoms with van der Waals surface area (Å²) < 4.78 is 6.97. The SMILES string of the molecule is Cc1cc(OCc2csc(C(C)C)n2)cc(C)c1Br. The molecule has 0 radical (unpaired) electrons. The number of hydrogen-bond acceptors (Lipinski definition) is 3. The van der Waals surface area contributed by atoms with E-state index in [9.17, 15) is 0 Å². The first kappa shape index (κ1) is 14.5. The molecule has 102 valence electrons. The molecule has 4 heteroatoms. The number of halogens is 1. The van der Waals surface area contributed by atoms with Crippen LogP contribution in [0.25, 0.3) is 0 Å². The van der Waals surface area contributed by atoms with Crippen LogP contribution in [0.1, 0.15) is 41.6 Å². The maximum absolute atomic E-state index is 5.83. The Bertz CT molecular complexity index is 554. The molecular formula is C15H18BrNOS. The van der Waals surface area contributed by atoms with Crippen LogP contribution in [0.15, 0.2) is 22.0 Å². The molecule has 0 bridgehead atoms. The van der Waals surface area contributed by atoms with Crippen molar-refractivity contribution in [3.63, 3.8) is 0 Å². The zero-order valence-electron chi connectivity index (χ0n) is 11.7. The van der Waals surface area contributed by atoms with Crippen molar-refractivity contribution in [1.82, 2.24) is 4.98 Å². The molecule has 0 amide bonds. The van der Waals surface area contributed by atoms with E-state index in [1.54, 1.807) is 11.3 Å². The van der Waals surface area contributed by atoms with Crippen LogP contribution in [0.3, 0.4) is 0 Å². The minimum absolute atomic E-state index is 0.482. The zero-order chi connectivity index (χ0) is 14.0. The Morgan fingerprint density at radius 3 is 2.42 bits per heavy atom. The molecule has 0 N–H and O–H groups in total. The van der Waals surface area contributed by atoms with Crippen molar-refractivity contribution in [3.05, 3.63) is 43.8 Å². The van der Waals surface area contributed by atoms with Crippen molar-refractivity contribution in [2.24, 2.45) is 0 Å². The fourth-order valence-electron chi connectivity index (χ4n) is 1.80. The van der Waals surface area contributed by atoms with Gasteiger partial charge in [-0.2, -0.15) is 0 Å². The molecule has 0 unspecified atom stereocenters. The number of nitrogens with zero attached hydrogens (tertiary/aromatic N) is 1. The van der Waals surface area contributed by atoms with Crippen LogP contribution in [0, 0.1) is 13.8 Å². The summed E-state index contributed by atoms with van der Waals surface area (Å²) in [6, 6.07) is 4.10. The Morgan fingerprint density at radius 1 is 1.26 bits per heavy atom. The lowest BCUT2D eigenvalue weighted by Gasteiger charge is -2.09. The number of thiazole rings is 1. The van der Waals surface area contributed by atoms with Gasteiger partial charge >= 0.3 is 0 Å². The number of aryl methyl sites for hydroxylation is 2. The van der Waals surface area contributed by atoms with E-state index in [-0.39, 0.29) is 0 Å². The summed E-state index contributed by atoms with van der Waals surface area (Å²) >= 11 is 5.27. The first-order valence-corrected chi connectivity index (χ1v) is 7.98.